The van der Waals surface area contributed by atoms with Gasteiger partial charge in [-0.05, 0) is 23.4 Å². The zero-order chi connectivity index (χ0) is 24.5. The number of hydrogen-bond donors (Lipinski definition) is 2. The summed E-state index contributed by atoms with van der Waals surface area (Å²) in [6.45, 7) is 5.77. The third-order valence-electron chi connectivity index (χ3n) is 5.07. The van der Waals surface area contributed by atoms with Crippen molar-refractivity contribution in [3.05, 3.63) is 37.6 Å². The van der Waals surface area contributed by atoms with Crippen LogP contribution in [0.5, 0.6) is 0 Å². The van der Waals surface area contributed by atoms with Gasteiger partial charge in [-0.3, -0.25) is 14.3 Å². The van der Waals surface area contributed by atoms with Crippen molar-refractivity contribution >= 4 is 45.7 Å². The molecule has 1 amide bonds. The monoisotopic (exact) mass is 549 g/mol. The van der Waals surface area contributed by atoms with Gasteiger partial charge in [0, 0.05) is 12.6 Å². The Morgan fingerprint density at radius 2 is 2.15 bits per heavy atom. The first-order valence-corrected chi connectivity index (χ1v) is 12.1. The van der Waals surface area contributed by atoms with Gasteiger partial charge in [-0.15, -0.1) is 11.6 Å². The Morgan fingerprint density at radius 3 is 2.76 bits per heavy atom. The van der Waals surface area contributed by atoms with E-state index in [1.165, 1.54) is 21.8 Å². The Kier molecular flexibility index (Phi) is 10.6. The molecule has 1 aliphatic heterocycles. The molecular formula is C21H29BrClN3O7. The van der Waals surface area contributed by atoms with Crippen LogP contribution in [-0.2, 0) is 19.0 Å². The molecule has 10 nitrogen and oxygen atoms in total. The molecule has 2 N–H and O–H groups in total. The molecule has 0 saturated carbocycles. The molecule has 0 aromatic carbocycles. The Hall–Kier alpha value is -2.11. The SMILES string of the molecule is CCCCOC(=O)N[C@H](C(=O)O[C@H]1C[C@H](n2cc(C=CBr)c(=O)[nH]c2=O)O[C@@H]1CCl)C(C)C. The van der Waals surface area contributed by atoms with Crippen LogP contribution >= 0.6 is 27.5 Å². The van der Waals surface area contributed by atoms with Crippen LogP contribution in [0.1, 0.15) is 51.8 Å². The highest BCUT2D eigenvalue weighted by molar-refractivity contribution is 9.11. The summed E-state index contributed by atoms with van der Waals surface area (Å²) < 4.78 is 17.8. The normalized spacial score (nSPS) is 21.3. The number of esters is 1. The number of alkyl halides is 1. The van der Waals surface area contributed by atoms with Crippen molar-refractivity contribution in [3.8, 4) is 0 Å². The number of H-pyrrole nitrogens is 1. The van der Waals surface area contributed by atoms with E-state index < -0.39 is 47.8 Å². The van der Waals surface area contributed by atoms with Gasteiger partial charge >= 0.3 is 17.8 Å². The van der Waals surface area contributed by atoms with E-state index in [0.717, 1.165) is 12.8 Å². The number of carbonyl (C=O) groups excluding carboxylic acids is 2. The molecule has 0 bridgehead atoms. The van der Waals surface area contributed by atoms with Crippen molar-refractivity contribution in [2.24, 2.45) is 5.92 Å². The summed E-state index contributed by atoms with van der Waals surface area (Å²) in [7, 11) is 0. The quantitative estimate of drug-likeness (QED) is 0.260. The topological polar surface area (TPSA) is 129 Å². The van der Waals surface area contributed by atoms with Gasteiger partial charge in [0.25, 0.3) is 5.56 Å². The Morgan fingerprint density at radius 1 is 1.42 bits per heavy atom. The number of unbranched alkanes of at least 4 members (excludes halogenated alkanes) is 1. The molecule has 0 spiro atoms. The van der Waals surface area contributed by atoms with Gasteiger partial charge in [-0.2, -0.15) is 0 Å². The fourth-order valence-corrected chi connectivity index (χ4v) is 3.79. The molecule has 1 fully saturated rings. The maximum atomic E-state index is 12.8. The van der Waals surface area contributed by atoms with E-state index in [1.807, 2.05) is 6.92 Å². The molecule has 184 valence electrons. The maximum Gasteiger partial charge on any atom is 0.407 e. The molecule has 2 heterocycles. The van der Waals surface area contributed by atoms with Gasteiger partial charge in [0.2, 0.25) is 0 Å². The minimum Gasteiger partial charge on any atom is -0.458 e. The first-order valence-electron chi connectivity index (χ1n) is 10.7. The van der Waals surface area contributed by atoms with Crippen LogP contribution in [0, 0.1) is 5.92 Å². The molecule has 33 heavy (non-hydrogen) atoms. The van der Waals surface area contributed by atoms with Crippen molar-refractivity contribution in [2.45, 2.75) is 64.5 Å². The number of nitrogens with zero attached hydrogens (tertiary/aromatic N) is 1. The zero-order valence-corrected chi connectivity index (χ0v) is 21.1. The molecule has 0 aliphatic carbocycles. The zero-order valence-electron chi connectivity index (χ0n) is 18.7. The van der Waals surface area contributed by atoms with E-state index in [-0.39, 0.29) is 30.4 Å². The van der Waals surface area contributed by atoms with Crippen molar-refractivity contribution in [1.82, 2.24) is 14.9 Å². The Bertz CT molecular complexity index is 962. The summed E-state index contributed by atoms with van der Waals surface area (Å²) in [6, 6.07) is -0.930. The third kappa shape index (κ3) is 7.44. The Labute approximate surface area is 204 Å². The second-order valence-corrected chi connectivity index (χ2v) is 8.73. The molecule has 1 aliphatic rings. The van der Waals surface area contributed by atoms with E-state index in [4.69, 9.17) is 25.8 Å². The minimum absolute atomic E-state index is 0.0134. The number of ether oxygens (including phenoxy) is 3. The number of carbonyl (C=O) groups is 2. The maximum absolute atomic E-state index is 12.8. The Balaban J connectivity index is 2.13. The minimum atomic E-state index is -0.930. The number of rotatable bonds is 10. The predicted octanol–water partition coefficient (Wildman–Crippen LogP) is 2.89. The molecule has 0 unspecified atom stereocenters. The van der Waals surface area contributed by atoms with Crippen LogP contribution in [-0.4, -0.2) is 52.4 Å². The van der Waals surface area contributed by atoms with Crippen molar-refractivity contribution in [3.63, 3.8) is 0 Å². The van der Waals surface area contributed by atoms with Crippen LogP contribution in [0.4, 0.5) is 4.79 Å². The molecule has 0 radical (unpaired) electrons. The van der Waals surface area contributed by atoms with E-state index >= 15 is 0 Å². The van der Waals surface area contributed by atoms with Gasteiger partial charge in [0.05, 0.1) is 18.1 Å². The van der Waals surface area contributed by atoms with E-state index in [2.05, 4.69) is 26.2 Å². The summed E-state index contributed by atoms with van der Waals surface area (Å²) in [5, 5.41) is 2.55. The van der Waals surface area contributed by atoms with Gasteiger partial charge in [-0.1, -0.05) is 43.1 Å². The number of aromatic amines is 1. The summed E-state index contributed by atoms with van der Waals surface area (Å²) in [5.74, 6) is -0.901. The number of alkyl carbamates (subject to hydrolysis) is 1. The first kappa shape index (κ1) is 27.1. The van der Waals surface area contributed by atoms with E-state index in [9.17, 15) is 19.2 Å². The van der Waals surface area contributed by atoms with Crippen LogP contribution in [0.25, 0.3) is 6.08 Å². The number of amides is 1. The lowest BCUT2D eigenvalue weighted by molar-refractivity contribution is -0.155. The lowest BCUT2D eigenvalue weighted by Crippen LogP contribution is -2.47. The van der Waals surface area contributed by atoms with E-state index in [0.29, 0.717) is 0 Å². The fraction of sp³-hybridized carbons (Fsp3) is 0.619. The highest BCUT2D eigenvalue weighted by atomic mass is 79.9. The van der Waals surface area contributed by atoms with Crippen LogP contribution in [0.15, 0.2) is 20.8 Å². The fourth-order valence-electron chi connectivity index (χ4n) is 3.23. The summed E-state index contributed by atoms with van der Waals surface area (Å²) in [4.78, 5) is 52.8. The highest BCUT2D eigenvalue weighted by Crippen LogP contribution is 2.31. The standard InChI is InChI=1S/C21H29BrClN3O7/c1-4-5-8-31-21(30)24-17(12(2)3)19(28)33-14-9-16(32-15(14)10-23)26-11-13(6-7-22)18(27)25-20(26)29/h6-7,11-12,14-17H,4-5,8-10H2,1-3H3,(H,24,30)(H,25,27,29)/t14-,15+,16+,17-/m0/s1. The highest BCUT2D eigenvalue weighted by Gasteiger charge is 2.40. The van der Waals surface area contributed by atoms with Gasteiger partial charge in [-0.25, -0.2) is 14.4 Å². The summed E-state index contributed by atoms with van der Waals surface area (Å²) in [5.41, 5.74) is -0.962. The first-order chi connectivity index (χ1) is 15.7. The van der Waals surface area contributed by atoms with Crippen LogP contribution < -0.4 is 16.6 Å². The molecule has 1 saturated heterocycles. The summed E-state index contributed by atoms with van der Waals surface area (Å²) in [6.07, 6.45) is 1.65. The molecule has 1 aromatic rings. The molecule has 2 rings (SSSR count). The molecule has 1 aromatic heterocycles. The largest absolute Gasteiger partial charge is 0.458 e. The average Bonchev–Trinajstić information content (AvgIpc) is 3.16. The second kappa shape index (κ2) is 13.0. The molecule has 12 heteroatoms. The lowest BCUT2D eigenvalue weighted by Gasteiger charge is -2.24. The lowest BCUT2D eigenvalue weighted by atomic mass is 10.0. The van der Waals surface area contributed by atoms with Gasteiger partial charge in [0.15, 0.2) is 0 Å². The number of aromatic nitrogens is 2. The van der Waals surface area contributed by atoms with Gasteiger partial charge in [0.1, 0.15) is 24.5 Å². The smallest absolute Gasteiger partial charge is 0.407 e. The second-order valence-electron chi connectivity index (χ2n) is 7.89. The van der Waals surface area contributed by atoms with Crippen molar-refractivity contribution in [2.75, 3.05) is 12.5 Å². The van der Waals surface area contributed by atoms with E-state index in [1.54, 1.807) is 13.8 Å². The van der Waals surface area contributed by atoms with Crippen molar-refractivity contribution in [1.29, 1.82) is 0 Å². The predicted molar refractivity (Wildman–Crippen MR) is 126 cm³/mol. The van der Waals surface area contributed by atoms with Crippen LogP contribution in [0.2, 0.25) is 0 Å². The molecule has 4 atom stereocenters. The van der Waals surface area contributed by atoms with Crippen molar-refractivity contribution < 1.29 is 23.8 Å². The number of hydrogen-bond acceptors (Lipinski definition) is 7. The van der Waals surface area contributed by atoms with Gasteiger partial charge < -0.3 is 19.5 Å². The number of nitrogens with one attached hydrogen (secondary N) is 2. The van der Waals surface area contributed by atoms with Crippen LogP contribution in [0.3, 0.4) is 0 Å². The molecular weight excluding hydrogens is 522 g/mol. The average molecular weight is 551 g/mol. The number of halogens is 2. The third-order valence-corrected chi connectivity index (χ3v) is 5.64. The summed E-state index contributed by atoms with van der Waals surface area (Å²) >= 11 is 9.11.